The van der Waals surface area contributed by atoms with Crippen LogP contribution >= 0.6 is 0 Å². The molecule has 4 aromatic rings. The molecule has 7 heteroatoms. The Morgan fingerprint density at radius 2 is 1.66 bits per heavy atom. The van der Waals surface area contributed by atoms with E-state index in [1.54, 1.807) is 0 Å². The van der Waals surface area contributed by atoms with E-state index in [0.29, 0.717) is 5.75 Å². The monoisotopic (exact) mass is 469 g/mol. The Morgan fingerprint density at radius 1 is 0.943 bits per heavy atom. The topological polar surface area (TPSA) is 62.6 Å². The summed E-state index contributed by atoms with van der Waals surface area (Å²) in [6.45, 7) is 6.74. The van der Waals surface area contributed by atoms with E-state index in [4.69, 9.17) is 9.72 Å². The highest BCUT2D eigenvalue weighted by atomic mass is 16.5. The van der Waals surface area contributed by atoms with E-state index < -0.39 is 0 Å². The number of para-hydroxylation sites is 2. The first-order valence-electron chi connectivity index (χ1n) is 12.0. The number of hydrogen-bond acceptors (Lipinski definition) is 5. The molecule has 1 amide bonds. The fourth-order valence-corrected chi connectivity index (χ4v) is 4.44. The highest BCUT2D eigenvalue weighted by Gasteiger charge is 2.19. The molecule has 1 aliphatic rings. The molecule has 0 saturated carbocycles. The van der Waals surface area contributed by atoms with Crippen molar-refractivity contribution >= 4 is 28.3 Å². The molecule has 1 N–H and O–H groups in total. The first-order chi connectivity index (χ1) is 17.0. The van der Waals surface area contributed by atoms with Crippen molar-refractivity contribution in [1.82, 2.24) is 14.5 Å². The Bertz CT molecular complexity index is 1290. The molecular formula is C28H31N5O2. The van der Waals surface area contributed by atoms with Crippen LogP contribution in [0.15, 0.2) is 72.8 Å². The van der Waals surface area contributed by atoms with Gasteiger partial charge < -0.3 is 19.5 Å². The third kappa shape index (κ3) is 5.46. The van der Waals surface area contributed by atoms with Gasteiger partial charge in [-0.05, 0) is 55.5 Å². The van der Waals surface area contributed by atoms with Crippen LogP contribution in [0.3, 0.4) is 0 Å². The molecular weight excluding hydrogens is 438 g/mol. The second-order valence-corrected chi connectivity index (χ2v) is 9.04. The number of benzene rings is 3. The molecule has 3 aromatic carbocycles. The number of carbonyl (C=O) groups excluding carboxylic acids is 1. The number of amides is 1. The highest BCUT2D eigenvalue weighted by Crippen LogP contribution is 2.21. The summed E-state index contributed by atoms with van der Waals surface area (Å²) in [6, 6.07) is 24.0. The van der Waals surface area contributed by atoms with Crippen LogP contribution in [0.5, 0.6) is 5.75 Å². The van der Waals surface area contributed by atoms with Crippen LogP contribution in [0, 0.1) is 6.92 Å². The number of nitrogens with one attached hydrogen (secondary N) is 1. The lowest BCUT2D eigenvalue weighted by Crippen LogP contribution is -2.46. The van der Waals surface area contributed by atoms with E-state index in [1.807, 2.05) is 49.4 Å². The molecule has 7 nitrogen and oxygen atoms in total. The van der Waals surface area contributed by atoms with Crippen LogP contribution in [0.1, 0.15) is 11.4 Å². The lowest BCUT2D eigenvalue weighted by Gasteiger charge is -2.36. The average Bonchev–Trinajstić information content (AvgIpc) is 3.20. The maximum absolute atomic E-state index is 12.2. The van der Waals surface area contributed by atoms with E-state index in [1.165, 1.54) is 11.2 Å². The van der Waals surface area contributed by atoms with Crippen molar-refractivity contribution in [2.45, 2.75) is 13.5 Å². The number of ether oxygens (including phenoxy) is 1. The van der Waals surface area contributed by atoms with Gasteiger partial charge in [-0.1, -0.05) is 29.8 Å². The molecule has 0 unspecified atom stereocenters. The summed E-state index contributed by atoms with van der Waals surface area (Å²) >= 11 is 0. The van der Waals surface area contributed by atoms with Gasteiger partial charge in [0.25, 0.3) is 5.91 Å². The third-order valence-corrected chi connectivity index (χ3v) is 6.52. The number of aryl methyl sites for hydroxylation is 2. The Hall–Kier alpha value is -3.84. The minimum atomic E-state index is -0.172. The Labute approximate surface area is 205 Å². The SMILES string of the molecule is Cc1ccc(OCC(=O)Nc2ccc(N3CCN(Cc4nc5ccccc5n4C)CC3)cc2)cc1. The molecule has 0 radical (unpaired) electrons. The number of aromatic nitrogens is 2. The maximum atomic E-state index is 12.2. The van der Waals surface area contributed by atoms with Gasteiger partial charge in [-0.15, -0.1) is 0 Å². The molecule has 0 spiro atoms. The summed E-state index contributed by atoms with van der Waals surface area (Å²) in [7, 11) is 2.09. The van der Waals surface area contributed by atoms with Gasteiger partial charge in [0.15, 0.2) is 6.61 Å². The highest BCUT2D eigenvalue weighted by molar-refractivity contribution is 5.92. The molecule has 35 heavy (non-hydrogen) atoms. The molecule has 0 bridgehead atoms. The van der Waals surface area contributed by atoms with Crippen molar-refractivity contribution in [2.24, 2.45) is 7.05 Å². The molecule has 1 fully saturated rings. The smallest absolute Gasteiger partial charge is 0.262 e. The molecule has 1 aliphatic heterocycles. The number of rotatable bonds is 7. The normalized spacial score (nSPS) is 14.3. The number of fused-ring (bicyclic) bond motifs is 1. The first-order valence-corrected chi connectivity index (χ1v) is 12.0. The Kier molecular flexibility index (Phi) is 6.68. The largest absolute Gasteiger partial charge is 0.484 e. The summed E-state index contributed by atoms with van der Waals surface area (Å²) < 4.78 is 7.76. The van der Waals surface area contributed by atoms with Crippen LogP contribution in [0.25, 0.3) is 11.0 Å². The van der Waals surface area contributed by atoms with Gasteiger partial charge in [0.1, 0.15) is 11.6 Å². The maximum Gasteiger partial charge on any atom is 0.262 e. The summed E-state index contributed by atoms with van der Waals surface area (Å²) in [5.74, 6) is 1.62. The van der Waals surface area contributed by atoms with Gasteiger partial charge in [0, 0.05) is 44.6 Å². The van der Waals surface area contributed by atoms with Crippen molar-refractivity contribution in [3.8, 4) is 5.75 Å². The standard InChI is InChI=1S/C28H31N5O2/c1-21-7-13-24(14-8-21)35-20-28(34)29-22-9-11-23(12-10-22)33-17-15-32(16-18-33)19-27-30-25-5-3-4-6-26(25)31(27)2/h3-14H,15-20H2,1-2H3,(H,29,34). The second-order valence-electron chi connectivity index (χ2n) is 9.04. The van der Waals surface area contributed by atoms with Gasteiger partial charge >= 0.3 is 0 Å². The lowest BCUT2D eigenvalue weighted by atomic mass is 10.2. The van der Waals surface area contributed by atoms with E-state index in [-0.39, 0.29) is 12.5 Å². The summed E-state index contributed by atoms with van der Waals surface area (Å²) in [5.41, 5.74) is 5.32. The van der Waals surface area contributed by atoms with Crippen molar-refractivity contribution in [2.75, 3.05) is 43.0 Å². The number of nitrogens with zero attached hydrogens (tertiary/aromatic N) is 4. The van der Waals surface area contributed by atoms with Crippen LogP contribution in [-0.4, -0.2) is 53.1 Å². The minimum Gasteiger partial charge on any atom is -0.484 e. The zero-order valence-corrected chi connectivity index (χ0v) is 20.3. The van der Waals surface area contributed by atoms with Gasteiger partial charge in [0.2, 0.25) is 0 Å². The quantitative estimate of drug-likeness (QED) is 0.439. The predicted octanol–water partition coefficient (Wildman–Crippen LogP) is 4.22. The number of piperazine rings is 1. The van der Waals surface area contributed by atoms with Crippen LogP contribution < -0.4 is 15.0 Å². The van der Waals surface area contributed by atoms with E-state index in [2.05, 4.69) is 57.1 Å². The van der Waals surface area contributed by atoms with Crippen LogP contribution in [0.2, 0.25) is 0 Å². The number of hydrogen-bond donors (Lipinski definition) is 1. The van der Waals surface area contributed by atoms with Crippen LogP contribution in [0.4, 0.5) is 11.4 Å². The average molecular weight is 470 g/mol. The zero-order chi connectivity index (χ0) is 24.2. The zero-order valence-electron chi connectivity index (χ0n) is 20.3. The van der Waals surface area contributed by atoms with Crippen molar-refractivity contribution < 1.29 is 9.53 Å². The predicted molar refractivity (Wildman–Crippen MR) is 140 cm³/mol. The van der Waals surface area contributed by atoms with E-state index in [9.17, 15) is 4.79 Å². The molecule has 0 atom stereocenters. The van der Waals surface area contributed by atoms with Gasteiger partial charge in [-0.3, -0.25) is 9.69 Å². The number of carbonyl (C=O) groups is 1. The van der Waals surface area contributed by atoms with Crippen molar-refractivity contribution in [3.05, 3.63) is 84.2 Å². The number of anilines is 2. The van der Waals surface area contributed by atoms with Crippen LogP contribution in [-0.2, 0) is 18.4 Å². The third-order valence-electron chi connectivity index (χ3n) is 6.52. The van der Waals surface area contributed by atoms with E-state index >= 15 is 0 Å². The first kappa shape index (κ1) is 22.9. The van der Waals surface area contributed by atoms with Gasteiger partial charge in [-0.2, -0.15) is 0 Å². The molecule has 0 aliphatic carbocycles. The van der Waals surface area contributed by atoms with Crippen molar-refractivity contribution in [1.29, 1.82) is 0 Å². The summed E-state index contributed by atoms with van der Waals surface area (Å²) in [4.78, 5) is 21.9. The Morgan fingerprint density at radius 3 is 2.37 bits per heavy atom. The molecule has 180 valence electrons. The molecule has 1 saturated heterocycles. The molecule has 2 heterocycles. The second kappa shape index (κ2) is 10.2. The molecule has 1 aromatic heterocycles. The van der Waals surface area contributed by atoms with Gasteiger partial charge in [0.05, 0.1) is 17.6 Å². The summed E-state index contributed by atoms with van der Waals surface area (Å²) in [5, 5.41) is 2.90. The summed E-state index contributed by atoms with van der Waals surface area (Å²) in [6.07, 6.45) is 0. The molecule has 5 rings (SSSR count). The van der Waals surface area contributed by atoms with E-state index in [0.717, 1.165) is 55.3 Å². The lowest BCUT2D eigenvalue weighted by molar-refractivity contribution is -0.118. The van der Waals surface area contributed by atoms with Crippen molar-refractivity contribution in [3.63, 3.8) is 0 Å². The fraction of sp³-hybridized carbons (Fsp3) is 0.286. The minimum absolute atomic E-state index is 0.0155. The number of imidazole rings is 1. The Balaban J connectivity index is 1.10. The fourth-order valence-electron chi connectivity index (χ4n) is 4.44. The van der Waals surface area contributed by atoms with Gasteiger partial charge in [-0.25, -0.2) is 4.98 Å².